The summed E-state index contributed by atoms with van der Waals surface area (Å²) in [5.74, 6) is 0.587. The summed E-state index contributed by atoms with van der Waals surface area (Å²) < 4.78 is 7.46. The van der Waals surface area contributed by atoms with Gasteiger partial charge >= 0.3 is 0 Å². The fourth-order valence-electron chi connectivity index (χ4n) is 3.66. The van der Waals surface area contributed by atoms with Crippen molar-refractivity contribution in [3.63, 3.8) is 0 Å². The Kier molecular flexibility index (Phi) is 6.73. The molecule has 0 aliphatic carbocycles. The minimum absolute atomic E-state index is 0.0366. The van der Waals surface area contributed by atoms with Crippen molar-refractivity contribution >= 4 is 17.3 Å². The van der Waals surface area contributed by atoms with E-state index in [4.69, 9.17) is 4.74 Å². The monoisotopic (exact) mass is 384 g/mol. The molecule has 0 radical (unpaired) electrons. The Morgan fingerprint density at radius 1 is 1.18 bits per heavy atom. The molecule has 6 nitrogen and oxygen atoms in total. The van der Waals surface area contributed by atoms with Crippen LogP contribution in [-0.2, 0) is 22.5 Å². The van der Waals surface area contributed by atoms with Crippen molar-refractivity contribution < 1.29 is 9.53 Å². The lowest BCUT2D eigenvalue weighted by atomic mass is 10.1. The largest absolute Gasteiger partial charge is 0.378 e. The zero-order chi connectivity index (χ0) is 20.1. The molecule has 28 heavy (non-hydrogen) atoms. The highest BCUT2D eigenvalue weighted by Crippen LogP contribution is 2.20. The number of hydrogen-bond donors (Lipinski definition) is 1. The van der Waals surface area contributed by atoms with E-state index in [0.29, 0.717) is 18.8 Å². The molecule has 1 aromatic heterocycles. The molecule has 0 saturated carbocycles. The lowest BCUT2D eigenvalue weighted by Gasteiger charge is -2.28. The number of rotatable bonds is 7. The molecule has 1 aliphatic rings. The van der Waals surface area contributed by atoms with Gasteiger partial charge in [0.2, 0.25) is 5.91 Å². The van der Waals surface area contributed by atoms with E-state index < -0.39 is 0 Å². The third kappa shape index (κ3) is 5.13. The van der Waals surface area contributed by atoms with Gasteiger partial charge in [-0.2, -0.15) is 5.10 Å². The number of amides is 1. The van der Waals surface area contributed by atoms with Gasteiger partial charge in [0.1, 0.15) is 0 Å². The molecule has 0 unspecified atom stereocenters. The van der Waals surface area contributed by atoms with Crippen molar-refractivity contribution in [2.24, 2.45) is 5.92 Å². The molecular weight excluding hydrogens is 352 g/mol. The molecule has 1 aliphatic heterocycles. The number of morpholine rings is 1. The Balaban J connectivity index is 1.54. The van der Waals surface area contributed by atoms with Crippen molar-refractivity contribution in [2.45, 2.75) is 47.1 Å². The summed E-state index contributed by atoms with van der Waals surface area (Å²) in [5.41, 5.74) is 5.41. The minimum atomic E-state index is 0.0366. The highest BCUT2D eigenvalue weighted by atomic mass is 16.5. The molecular formula is C22H32N4O2. The van der Waals surface area contributed by atoms with E-state index in [1.807, 2.05) is 19.1 Å². The predicted octanol–water partition coefficient (Wildman–Crippen LogP) is 3.56. The first kappa shape index (κ1) is 20.4. The van der Waals surface area contributed by atoms with Gasteiger partial charge in [0.15, 0.2) is 0 Å². The maximum atomic E-state index is 12.4. The van der Waals surface area contributed by atoms with E-state index in [9.17, 15) is 4.79 Å². The fraction of sp³-hybridized carbons (Fsp3) is 0.545. The van der Waals surface area contributed by atoms with Crippen molar-refractivity contribution in [3.05, 3.63) is 41.2 Å². The summed E-state index contributed by atoms with van der Waals surface area (Å²) in [6, 6.07) is 8.07. The second-order valence-electron chi connectivity index (χ2n) is 7.92. The summed E-state index contributed by atoms with van der Waals surface area (Å²) in [6.45, 7) is 12.8. The molecule has 1 N–H and O–H groups in total. The molecule has 0 spiro atoms. The molecule has 1 fully saturated rings. The SMILES string of the molecule is Cc1nn(CC(C)C)c(C)c1CCC(=O)Nc1ccc(N2CCOCC2)cc1. The average Bonchev–Trinajstić information content (AvgIpc) is 2.94. The zero-order valence-electron chi connectivity index (χ0n) is 17.5. The van der Waals surface area contributed by atoms with Crippen molar-refractivity contribution in [3.8, 4) is 0 Å². The molecule has 6 heteroatoms. The number of aryl methyl sites for hydroxylation is 1. The van der Waals surface area contributed by atoms with E-state index >= 15 is 0 Å². The van der Waals surface area contributed by atoms with Crippen molar-refractivity contribution in [1.82, 2.24) is 9.78 Å². The quantitative estimate of drug-likeness (QED) is 0.793. The Morgan fingerprint density at radius 2 is 1.86 bits per heavy atom. The number of carbonyl (C=O) groups excluding carboxylic acids is 1. The van der Waals surface area contributed by atoms with Gasteiger partial charge in [0.05, 0.1) is 18.9 Å². The van der Waals surface area contributed by atoms with Crippen LogP contribution in [0.3, 0.4) is 0 Å². The van der Waals surface area contributed by atoms with Crippen molar-refractivity contribution in [1.29, 1.82) is 0 Å². The second kappa shape index (κ2) is 9.24. The number of hydrogen-bond acceptors (Lipinski definition) is 4. The van der Waals surface area contributed by atoms with Gasteiger partial charge in [-0.1, -0.05) is 13.8 Å². The fourth-order valence-corrected chi connectivity index (χ4v) is 3.66. The van der Waals surface area contributed by atoms with E-state index in [0.717, 1.165) is 44.2 Å². The first-order valence-electron chi connectivity index (χ1n) is 10.2. The van der Waals surface area contributed by atoms with Crippen LogP contribution in [0, 0.1) is 19.8 Å². The molecule has 2 aromatic rings. The van der Waals surface area contributed by atoms with Gasteiger partial charge in [0.25, 0.3) is 0 Å². The first-order chi connectivity index (χ1) is 13.4. The third-order valence-electron chi connectivity index (χ3n) is 5.20. The van der Waals surface area contributed by atoms with Crippen LogP contribution >= 0.6 is 0 Å². The summed E-state index contributed by atoms with van der Waals surface area (Å²) in [6.07, 6.45) is 1.17. The molecule has 3 rings (SSSR count). The standard InChI is InChI=1S/C22H32N4O2/c1-16(2)15-26-18(4)21(17(3)24-26)9-10-22(27)23-19-5-7-20(8-6-19)25-11-13-28-14-12-25/h5-8,16H,9-15H2,1-4H3,(H,23,27). The van der Waals surface area contributed by atoms with Crippen LogP contribution in [0.15, 0.2) is 24.3 Å². The maximum absolute atomic E-state index is 12.4. The Morgan fingerprint density at radius 3 is 2.50 bits per heavy atom. The van der Waals surface area contributed by atoms with E-state index in [2.05, 4.69) is 52.9 Å². The molecule has 2 heterocycles. The molecule has 152 valence electrons. The molecule has 0 bridgehead atoms. The van der Waals surface area contributed by atoms with E-state index in [1.54, 1.807) is 0 Å². The third-order valence-corrected chi connectivity index (χ3v) is 5.20. The van der Waals surface area contributed by atoms with Gasteiger partial charge in [-0.15, -0.1) is 0 Å². The van der Waals surface area contributed by atoms with Gasteiger partial charge in [-0.05, 0) is 56.0 Å². The molecule has 1 saturated heterocycles. The number of carbonyl (C=O) groups is 1. The normalized spacial score (nSPS) is 14.5. The Hall–Kier alpha value is -2.34. The summed E-state index contributed by atoms with van der Waals surface area (Å²) >= 11 is 0. The number of benzene rings is 1. The van der Waals surface area contributed by atoms with Crippen LogP contribution in [0.1, 0.15) is 37.2 Å². The topological polar surface area (TPSA) is 59.4 Å². The number of nitrogens with zero attached hydrogens (tertiary/aromatic N) is 3. The highest BCUT2D eigenvalue weighted by molar-refractivity contribution is 5.91. The van der Waals surface area contributed by atoms with Gasteiger partial charge < -0.3 is 15.0 Å². The number of nitrogens with one attached hydrogen (secondary N) is 1. The molecule has 1 aromatic carbocycles. The molecule has 1 amide bonds. The van der Waals surface area contributed by atoms with Crippen molar-refractivity contribution in [2.75, 3.05) is 36.5 Å². The van der Waals surface area contributed by atoms with Crippen LogP contribution in [0.4, 0.5) is 11.4 Å². The summed E-state index contributed by atoms with van der Waals surface area (Å²) in [5, 5.41) is 7.65. The van der Waals surface area contributed by atoms with Gasteiger partial charge in [-0.25, -0.2) is 0 Å². The smallest absolute Gasteiger partial charge is 0.224 e. The van der Waals surface area contributed by atoms with Gasteiger partial charge in [-0.3, -0.25) is 9.48 Å². The number of anilines is 2. The van der Waals surface area contributed by atoms with E-state index in [-0.39, 0.29) is 5.91 Å². The highest BCUT2D eigenvalue weighted by Gasteiger charge is 2.14. The number of aromatic nitrogens is 2. The molecule has 0 atom stereocenters. The Bertz CT molecular complexity index is 790. The lowest BCUT2D eigenvalue weighted by molar-refractivity contribution is -0.116. The lowest BCUT2D eigenvalue weighted by Crippen LogP contribution is -2.36. The number of ether oxygens (including phenoxy) is 1. The summed E-state index contributed by atoms with van der Waals surface area (Å²) in [4.78, 5) is 14.7. The summed E-state index contributed by atoms with van der Waals surface area (Å²) in [7, 11) is 0. The predicted molar refractivity (Wildman–Crippen MR) is 113 cm³/mol. The second-order valence-corrected chi connectivity index (χ2v) is 7.92. The van der Waals surface area contributed by atoms with Crippen LogP contribution in [0.25, 0.3) is 0 Å². The minimum Gasteiger partial charge on any atom is -0.378 e. The maximum Gasteiger partial charge on any atom is 0.224 e. The van der Waals surface area contributed by atoms with Gasteiger partial charge in [0, 0.05) is 43.1 Å². The van der Waals surface area contributed by atoms with E-state index in [1.165, 1.54) is 16.9 Å². The first-order valence-corrected chi connectivity index (χ1v) is 10.2. The van der Waals surface area contributed by atoms with Crippen LogP contribution < -0.4 is 10.2 Å². The zero-order valence-corrected chi connectivity index (χ0v) is 17.5. The average molecular weight is 385 g/mol. The van der Waals surface area contributed by atoms with Crippen LogP contribution in [0.2, 0.25) is 0 Å². The van der Waals surface area contributed by atoms with Crippen LogP contribution in [-0.4, -0.2) is 42.0 Å². The Labute approximate surface area is 167 Å². The van der Waals surface area contributed by atoms with Crippen LogP contribution in [0.5, 0.6) is 0 Å².